The second-order valence-electron chi connectivity index (χ2n) is 3.87. The van der Waals surface area contributed by atoms with Gasteiger partial charge in [0, 0.05) is 10.7 Å². The van der Waals surface area contributed by atoms with E-state index in [0.29, 0.717) is 5.69 Å². The molecule has 19 heavy (non-hydrogen) atoms. The molecule has 1 heterocycles. The average molecular weight is 341 g/mol. The molecule has 1 amide bonds. The summed E-state index contributed by atoms with van der Waals surface area (Å²) in [5.41, 5.74) is 7.05. The number of nitrogens with one attached hydrogen (secondary N) is 1. The molecule has 98 valence electrons. The molecular weight excluding hydrogens is 330 g/mol. The van der Waals surface area contributed by atoms with Crippen LogP contribution in [0.1, 0.15) is 11.6 Å². The van der Waals surface area contributed by atoms with Crippen LogP contribution in [0.2, 0.25) is 5.15 Å². The molecule has 0 fully saturated rings. The molecule has 0 aliphatic rings. The van der Waals surface area contributed by atoms with Gasteiger partial charge in [0.15, 0.2) is 5.15 Å². The first kappa shape index (κ1) is 14.0. The van der Waals surface area contributed by atoms with Gasteiger partial charge in [-0.2, -0.15) is 0 Å². The number of rotatable bonds is 3. The smallest absolute Gasteiger partial charge is 0.245 e. The van der Waals surface area contributed by atoms with Crippen LogP contribution in [0.5, 0.6) is 0 Å². The van der Waals surface area contributed by atoms with Crippen LogP contribution in [0.4, 0.5) is 5.69 Å². The molecule has 0 bridgehead atoms. The number of hydrogen-bond donors (Lipinski definition) is 2. The number of benzene rings is 1. The second kappa shape index (κ2) is 6.14. The summed E-state index contributed by atoms with van der Waals surface area (Å²) in [6.45, 7) is 0. The highest BCUT2D eigenvalue weighted by Crippen LogP contribution is 2.24. The molecule has 1 aromatic carbocycles. The van der Waals surface area contributed by atoms with E-state index in [9.17, 15) is 4.79 Å². The maximum Gasteiger partial charge on any atom is 0.245 e. The van der Waals surface area contributed by atoms with Crippen LogP contribution in [-0.2, 0) is 4.79 Å². The Morgan fingerprint density at radius 1 is 1.37 bits per heavy atom. The van der Waals surface area contributed by atoms with E-state index in [1.54, 1.807) is 24.4 Å². The van der Waals surface area contributed by atoms with Crippen LogP contribution in [0.3, 0.4) is 0 Å². The zero-order chi connectivity index (χ0) is 13.8. The normalized spacial score (nSPS) is 11.9. The van der Waals surface area contributed by atoms with Crippen molar-refractivity contribution in [2.24, 2.45) is 5.73 Å². The van der Waals surface area contributed by atoms with Gasteiger partial charge in [0.25, 0.3) is 0 Å². The summed E-state index contributed by atoms with van der Waals surface area (Å²) < 4.78 is 0.723. The highest BCUT2D eigenvalue weighted by Gasteiger charge is 2.17. The molecule has 6 heteroatoms. The van der Waals surface area contributed by atoms with E-state index in [1.165, 1.54) is 0 Å². The van der Waals surface area contributed by atoms with Crippen LogP contribution in [-0.4, -0.2) is 10.9 Å². The minimum atomic E-state index is -0.753. The number of aromatic nitrogens is 1. The number of anilines is 1. The first-order valence-corrected chi connectivity index (χ1v) is 6.67. The average Bonchev–Trinajstić information content (AvgIpc) is 2.43. The summed E-state index contributed by atoms with van der Waals surface area (Å²) in [4.78, 5) is 16.0. The number of nitrogens with zero attached hydrogens (tertiary/aromatic N) is 1. The molecule has 0 aliphatic carbocycles. The molecule has 2 aromatic rings. The van der Waals surface area contributed by atoms with E-state index in [0.717, 1.165) is 10.0 Å². The van der Waals surface area contributed by atoms with Gasteiger partial charge in [-0.1, -0.05) is 41.9 Å². The van der Waals surface area contributed by atoms with E-state index >= 15 is 0 Å². The zero-order valence-electron chi connectivity index (χ0n) is 9.81. The third-order valence-electron chi connectivity index (χ3n) is 2.50. The number of carbonyl (C=O) groups is 1. The summed E-state index contributed by atoms with van der Waals surface area (Å²) in [5.74, 6) is -0.340. The molecule has 2 rings (SSSR count). The van der Waals surface area contributed by atoms with Crippen LogP contribution in [0.25, 0.3) is 0 Å². The SMILES string of the molecule is N[C@@H](C(=O)Nc1cc(Br)cnc1Cl)c1ccccc1. The fourth-order valence-electron chi connectivity index (χ4n) is 1.53. The van der Waals surface area contributed by atoms with Crippen molar-refractivity contribution in [2.75, 3.05) is 5.32 Å². The lowest BCUT2D eigenvalue weighted by Gasteiger charge is -2.13. The van der Waals surface area contributed by atoms with Crippen molar-refractivity contribution in [3.8, 4) is 0 Å². The Hall–Kier alpha value is -1.43. The standard InChI is InChI=1S/C13H11BrClN3O/c14-9-6-10(12(15)17-7-9)18-13(19)11(16)8-4-2-1-3-5-8/h1-7,11H,16H2,(H,18,19)/t11-/m1/s1. The Balaban J connectivity index is 2.15. The molecular formula is C13H11BrClN3O. The number of carbonyl (C=O) groups excluding carboxylic acids is 1. The fourth-order valence-corrected chi connectivity index (χ4v) is 2.01. The molecule has 0 saturated carbocycles. The monoisotopic (exact) mass is 339 g/mol. The number of hydrogen-bond acceptors (Lipinski definition) is 3. The highest BCUT2D eigenvalue weighted by molar-refractivity contribution is 9.10. The van der Waals surface area contributed by atoms with Crippen molar-refractivity contribution in [1.29, 1.82) is 0 Å². The van der Waals surface area contributed by atoms with Crippen molar-refractivity contribution in [3.05, 3.63) is 57.8 Å². The van der Waals surface area contributed by atoms with Crippen molar-refractivity contribution in [1.82, 2.24) is 4.98 Å². The predicted molar refractivity (Wildman–Crippen MR) is 78.9 cm³/mol. The van der Waals surface area contributed by atoms with Crippen molar-refractivity contribution in [2.45, 2.75) is 6.04 Å². The van der Waals surface area contributed by atoms with Crippen LogP contribution < -0.4 is 11.1 Å². The van der Waals surface area contributed by atoms with Crippen molar-refractivity contribution in [3.63, 3.8) is 0 Å². The van der Waals surface area contributed by atoms with Gasteiger partial charge in [-0.3, -0.25) is 4.79 Å². The third kappa shape index (κ3) is 3.53. The highest BCUT2D eigenvalue weighted by atomic mass is 79.9. The molecule has 0 spiro atoms. The lowest BCUT2D eigenvalue weighted by molar-refractivity contribution is -0.117. The van der Waals surface area contributed by atoms with Crippen LogP contribution in [0, 0.1) is 0 Å². The predicted octanol–water partition coefficient (Wildman–Crippen LogP) is 3.14. The van der Waals surface area contributed by atoms with E-state index in [2.05, 4.69) is 26.2 Å². The molecule has 1 aromatic heterocycles. The summed E-state index contributed by atoms with van der Waals surface area (Å²) in [5, 5.41) is 2.88. The molecule has 0 radical (unpaired) electrons. The Kier molecular flexibility index (Phi) is 4.52. The van der Waals surface area contributed by atoms with Gasteiger partial charge >= 0.3 is 0 Å². The van der Waals surface area contributed by atoms with Crippen LogP contribution >= 0.6 is 27.5 Å². The topological polar surface area (TPSA) is 68.0 Å². The largest absolute Gasteiger partial charge is 0.322 e. The van der Waals surface area contributed by atoms with E-state index in [1.807, 2.05) is 18.2 Å². The first-order valence-electron chi connectivity index (χ1n) is 5.50. The summed E-state index contributed by atoms with van der Waals surface area (Å²) in [6.07, 6.45) is 1.55. The van der Waals surface area contributed by atoms with Gasteiger partial charge in [-0.05, 0) is 27.6 Å². The van der Waals surface area contributed by atoms with Crippen molar-refractivity contribution < 1.29 is 4.79 Å². The minimum Gasteiger partial charge on any atom is -0.322 e. The zero-order valence-corrected chi connectivity index (χ0v) is 12.1. The minimum absolute atomic E-state index is 0.219. The second-order valence-corrected chi connectivity index (χ2v) is 5.14. The molecule has 0 saturated heterocycles. The Morgan fingerprint density at radius 3 is 2.74 bits per heavy atom. The summed E-state index contributed by atoms with van der Waals surface area (Å²) >= 11 is 9.17. The Morgan fingerprint density at radius 2 is 2.05 bits per heavy atom. The van der Waals surface area contributed by atoms with Gasteiger partial charge < -0.3 is 11.1 Å². The fraction of sp³-hybridized carbons (Fsp3) is 0.0769. The van der Waals surface area contributed by atoms with Gasteiger partial charge in [0.1, 0.15) is 6.04 Å². The van der Waals surface area contributed by atoms with Gasteiger partial charge in [-0.25, -0.2) is 4.98 Å². The Labute approximate surface area is 124 Å². The number of amides is 1. The lowest BCUT2D eigenvalue weighted by atomic mass is 10.1. The molecule has 1 atom stereocenters. The van der Waals surface area contributed by atoms with Gasteiger partial charge in [-0.15, -0.1) is 0 Å². The summed E-state index contributed by atoms with van der Waals surface area (Å²) in [7, 11) is 0. The maximum atomic E-state index is 12.0. The van der Waals surface area contributed by atoms with Crippen LogP contribution in [0.15, 0.2) is 47.1 Å². The summed E-state index contributed by atoms with van der Waals surface area (Å²) in [6, 6.07) is 10.0. The first-order chi connectivity index (χ1) is 9.08. The molecule has 4 nitrogen and oxygen atoms in total. The lowest BCUT2D eigenvalue weighted by Crippen LogP contribution is -2.27. The van der Waals surface area contributed by atoms with Crippen molar-refractivity contribution >= 4 is 39.1 Å². The number of nitrogens with two attached hydrogens (primary N) is 1. The number of pyridine rings is 1. The molecule has 0 aliphatic heterocycles. The Bertz CT molecular complexity index is 592. The van der Waals surface area contributed by atoms with E-state index in [4.69, 9.17) is 17.3 Å². The third-order valence-corrected chi connectivity index (χ3v) is 3.24. The maximum absolute atomic E-state index is 12.0. The van der Waals surface area contributed by atoms with Gasteiger partial charge in [0.2, 0.25) is 5.91 Å². The molecule has 3 N–H and O–H groups in total. The van der Waals surface area contributed by atoms with Gasteiger partial charge in [0.05, 0.1) is 5.69 Å². The van der Waals surface area contributed by atoms with E-state index < -0.39 is 6.04 Å². The number of halogens is 2. The van der Waals surface area contributed by atoms with E-state index in [-0.39, 0.29) is 11.1 Å². The quantitative estimate of drug-likeness (QED) is 0.844. The molecule has 0 unspecified atom stereocenters.